The van der Waals surface area contributed by atoms with E-state index in [1.54, 1.807) is 0 Å². The van der Waals surface area contributed by atoms with Crippen molar-refractivity contribution in [2.75, 3.05) is 51.8 Å². The molecule has 15 heavy (non-hydrogen) atoms. The summed E-state index contributed by atoms with van der Waals surface area (Å²) in [6.45, 7) is 5.90. The first kappa shape index (κ1) is 13.3. The quantitative estimate of drug-likeness (QED) is 0.755. The highest BCUT2D eigenvalue weighted by Crippen LogP contribution is 2.04. The molecule has 2 N–H and O–H groups in total. The molecule has 90 valence electrons. The van der Waals surface area contributed by atoms with Crippen molar-refractivity contribution in [3.63, 3.8) is 0 Å². The van der Waals surface area contributed by atoms with E-state index in [-0.39, 0.29) is 0 Å². The molecule has 0 unspecified atom stereocenters. The van der Waals surface area contributed by atoms with Crippen LogP contribution in [-0.4, -0.2) is 67.6 Å². The Balaban J connectivity index is 2.18. The van der Waals surface area contributed by atoms with Crippen molar-refractivity contribution >= 4 is 11.8 Å². The van der Waals surface area contributed by atoms with Gasteiger partial charge in [0.2, 0.25) is 0 Å². The lowest BCUT2D eigenvalue weighted by Gasteiger charge is -2.23. The van der Waals surface area contributed by atoms with Gasteiger partial charge in [-0.3, -0.25) is 0 Å². The van der Waals surface area contributed by atoms with Crippen molar-refractivity contribution in [1.29, 1.82) is 0 Å². The molecule has 0 aliphatic carbocycles. The molecule has 1 aliphatic rings. The van der Waals surface area contributed by atoms with Gasteiger partial charge in [0.15, 0.2) is 0 Å². The number of nitrogens with zero attached hydrogens (tertiary/aromatic N) is 2. The molecule has 1 fully saturated rings. The molecule has 4 heteroatoms. The minimum Gasteiger partial charge on any atom is -0.327 e. The number of rotatable bonds is 5. The third-order valence-corrected chi connectivity index (χ3v) is 3.64. The Morgan fingerprint density at radius 3 is 2.80 bits per heavy atom. The summed E-state index contributed by atoms with van der Waals surface area (Å²) in [5.74, 6) is 1.19. The Bertz CT molecular complexity index is 166. The first-order valence-electron chi connectivity index (χ1n) is 5.88. The fraction of sp³-hybridized carbons (Fsp3) is 1.00. The van der Waals surface area contributed by atoms with Crippen LogP contribution in [0.15, 0.2) is 0 Å². The Kier molecular flexibility index (Phi) is 6.64. The topological polar surface area (TPSA) is 32.5 Å². The molecule has 0 radical (unpaired) electrons. The molecule has 3 nitrogen and oxygen atoms in total. The van der Waals surface area contributed by atoms with E-state index in [1.165, 1.54) is 38.4 Å². The molecule has 1 heterocycles. The lowest BCUT2D eigenvalue weighted by Crippen LogP contribution is -2.39. The third kappa shape index (κ3) is 5.76. The second-order valence-corrected chi connectivity index (χ2v) is 5.48. The predicted molar refractivity (Wildman–Crippen MR) is 69.5 cm³/mol. The van der Waals surface area contributed by atoms with Crippen molar-refractivity contribution in [1.82, 2.24) is 9.80 Å². The van der Waals surface area contributed by atoms with Gasteiger partial charge in [-0.15, -0.1) is 0 Å². The van der Waals surface area contributed by atoms with Gasteiger partial charge in [0.05, 0.1) is 0 Å². The minimum atomic E-state index is 0.362. The van der Waals surface area contributed by atoms with E-state index in [4.69, 9.17) is 5.73 Å². The monoisotopic (exact) mass is 231 g/mol. The molecule has 0 bridgehead atoms. The number of hydrogen-bond donors (Lipinski definition) is 1. The SMILES string of the molecule is CSCC[C@H](N)CN1CCCN(C)CC1. The first-order chi connectivity index (χ1) is 7.22. The summed E-state index contributed by atoms with van der Waals surface area (Å²) in [5, 5.41) is 0. The van der Waals surface area contributed by atoms with Crippen LogP contribution in [0.25, 0.3) is 0 Å². The Morgan fingerprint density at radius 1 is 1.27 bits per heavy atom. The zero-order valence-corrected chi connectivity index (χ0v) is 10.9. The van der Waals surface area contributed by atoms with Crippen LogP contribution in [0.4, 0.5) is 0 Å². The van der Waals surface area contributed by atoms with Crippen LogP contribution in [0.3, 0.4) is 0 Å². The highest BCUT2D eigenvalue weighted by Gasteiger charge is 2.14. The van der Waals surface area contributed by atoms with Crippen LogP contribution in [0, 0.1) is 0 Å². The molecule has 0 aromatic heterocycles. The van der Waals surface area contributed by atoms with Gasteiger partial charge in [0.25, 0.3) is 0 Å². The lowest BCUT2D eigenvalue weighted by molar-refractivity contribution is 0.259. The maximum Gasteiger partial charge on any atom is 0.0175 e. The summed E-state index contributed by atoms with van der Waals surface area (Å²) in [6.07, 6.45) is 4.58. The van der Waals surface area contributed by atoms with Crippen LogP contribution in [0.2, 0.25) is 0 Å². The number of thioether (sulfide) groups is 1. The molecule has 1 rings (SSSR count). The number of nitrogens with two attached hydrogens (primary N) is 1. The maximum absolute atomic E-state index is 6.11. The number of likely N-dealkylation sites (N-methyl/N-ethyl adjacent to an activating group) is 1. The van der Waals surface area contributed by atoms with E-state index >= 15 is 0 Å². The maximum atomic E-state index is 6.11. The molecule has 0 amide bonds. The molecule has 1 saturated heterocycles. The lowest BCUT2D eigenvalue weighted by atomic mass is 10.2. The predicted octanol–water partition coefficient (Wildman–Crippen LogP) is 0.704. The van der Waals surface area contributed by atoms with E-state index in [0.29, 0.717) is 6.04 Å². The highest BCUT2D eigenvalue weighted by atomic mass is 32.2. The van der Waals surface area contributed by atoms with Crippen molar-refractivity contribution in [3.05, 3.63) is 0 Å². The largest absolute Gasteiger partial charge is 0.327 e. The summed E-state index contributed by atoms with van der Waals surface area (Å²) >= 11 is 1.89. The Morgan fingerprint density at radius 2 is 2.07 bits per heavy atom. The normalized spacial score (nSPS) is 22.6. The summed E-state index contributed by atoms with van der Waals surface area (Å²) in [5.41, 5.74) is 6.11. The van der Waals surface area contributed by atoms with Gasteiger partial charge in [-0.1, -0.05) is 0 Å². The zero-order chi connectivity index (χ0) is 11.1. The molecule has 0 spiro atoms. The van der Waals surface area contributed by atoms with Gasteiger partial charge in [-0.25, -0.2) is 0 Å². The second-order valence-electron chi connectivity index (χ2n) is 4.50. The van der Waals surface area contributed by atoms with Gasteiger partial charge in [0.1, 0.15) is 0 Å². The van der Waals surface area contributed by atoms with Crippen molar-refractivity contribution in [2.24, 2.45) is 5.73 Å². The summed E-state index contributed by atoms with van der Waals surface area (Å²) in [4.78, 5) is 4.93. The van der Waals surface area contributed by atoms with Crippen LogP contribution >= 0.6 is 11.8 Å². The smallest absolute Gasteiger partial charge is 0.0175 e. The molecule has 1 aliphatic heterocycles. The van der Waals surface area contributed by atoms with E-state index in [9.17, 15) is 0 Å². The minimum absolute atomic E-state index is 0.362. The van der Waals surface area contributed by atoms with E-state index in [2.05, 4.69) is 23.1 Å². The van der Waals surface area contributed by atoms with Crippen LogP contribution in [0.1, 0.15) is 12.8 Å². The molecular weight excluding hydrogens is 206 g/mol. The summed E-state index contributed by atoms with van der Waals surface area (Å²) < 4.78 is 0. The van der Waals surface area contributed by atoms with Crippen molar-refractivity contribution in [2.45, 2.75) is 18.9 Å². The summed E-state index contributed by atoms with van der Waals surface area (Å²) in [7, 11) is 2.21. The Hall–Kier alpha value is 0.230. The molecule has 1 atom stereocenters. The van der Waals surface area contributed by atoms with Gasteiger partial charge >= 0.3 is 0 Å². The third-order valence-electron chi connectivity index (χ3n) is 3.00. The van der Waals surface area contributed by atoms with Crippen molar-refractivity contribution in [3.8, 4) is 0 Å². The van der Waals surface area contributed by atoms with Gasteiger partial charge < -0.3 is 15.5 Å². The fourth-order valence-electron chi connectivity index (χ4n) is 1.97. The standard InChI is InChI=1S/C11H25N3S/c1-13-5-3-6-14(8-7-13)10-11(12)4-9-15-2/h11H,3-10,12H2,1-2H3/t11-/m0/s1. The van der Waals surface area contributed by atoms with Gasteiger partial charge in [0, 0.05) is 25.7 Å². The fourth-order valence-corrected chi connectivity index (χ4v) is 2.51. The van der Waals surface area contributed by atoms with Crippen LogP contribution in [0.5, 0.6) is 0 Å². The van der Waals surface area contributed by atoms with Crippen LogP contribution in [-0.2, 0) is 0 Å². The van der Waals surface area contributed by atoms with Gasteiger partial charge in [-0.05, 0) is 45.0 Å². The molecule has 0 aromatic carbocycles. The molecule has 0 aromatic rings. The van der Waals surface area contributed by atoms with Crippen LogP contribution < -0.4 is 5.73 Å². The second kappa shape index (κ2) is 7.49. The molecular formula is C11H25N3S. The summed E-state index contributed by atoms with van der Waals surface area (Å²) in [6, 6.07) is 0.362. The highest BCUT2D eigenvalue weighted by molar-refractivity contribution is 7.98. The van der Waals surface area contributed by atoms with Gasteiger partial charge in [-0.2, -0.15) is 11.8 Å². The van der Waals surface area contributed by atoms with E-state index in [1.807, 2.05) is 11.8 Å². The zero-order valence-electron chi connectivity index (χ0n) is 10.1. The van der Waals surface area contributed by atoms with Crippen molar-refractivity contribution < 1.29 is 0 Å². The molecule has 0 saturated carbocycles. The van der Waals surface area contributed by atoms with E-state index < -0.39 is 0 Å². The Labute approximate surface area is 98.4 Å². The number of hydrogen-bond acceptors (Lipinski definition) is 4. The van der Waals surface area contributed by atoms with E-state index in [0.717, 1.165) is 13.0 Å². The average molecular weight is 231 g/mol. The average Bonchev–Trinajstić information content (AvgIpc) is 2.41. The first-order valence-corrected chi connectivity index (χ1v) is 7.27.